The van der Waals surface area contributed by atoms with Gasteiger partial charge in [0.15, 0.2) is 0 Å². The van der Waals surface area contributed by atoms with Gasteiger partial charge in [0.2, 0.25) is 5.91 Å². The Hall–Kier alpha value is -1.66. The van der Waals surface area contributed by atoms with Crippen molar-refractivity contribution >= 4 is 27.5 Å². The van der Waals surface area contributed by atoms with Crippen LogP contribution >= 0.6 is 15.9 Å². The van der Waals surface area contributed by atoms with Gasteiger partial charge in [-0.3, -0.25) is 4.79 Å². The minimum atomic E-state index is 0.0723. The maximum atomic E-state index is 12.3. The van der Waals surface area contributed by atoms with Crippen LogP contribution in [-0.2, 0) is 4.79 Å². The van der Waals surface area contributed by atoms with Crippen LogP contribution in [0.3, 0.4) is 0 Å². The predicted octanol–water partition coefficient (Wildman–Crippen LogP) is 2.96. The van der Waals surface area contributed by atoms with Gasteiger partial charge >= 0.3 is 0 Å². The summed E-state index contributed by atoms with van der Waals surface area (Å²) in [5.41, 5.74) is 1.67. The van der Waals surface area contributed by atoms with Crippen molar-refractivity contribution < 1.29 is 4.79 Å². The highest BCUT2D eigenvalue weighted by atomic mass is 79.9. The summed E-state index contributed by atoms with van der Waals surface area (Å²) >= 11 is 3.51. The van der Waals surface area contributed by atoms with E-state index in [4.69, 9.17) is 0 Å². The van der Waals surface area contributed by atoms with E-state index in [2.05, 4.69) is 38.6 Å². The van der Waals surface area contributed by atoms with E-state index in [9.17, 15) is 4.79 Å². The van der Waals surface area contributed by atoms with E-state index in [0.29, 0.717) is 6.04 Å². The predicted molar refractivity (Wildman–Crippen MR) is 90.1 cm³/mol. The minimum Gasteiger partial charge on any atom is -0.323 e. The van der Waals surface area contributed by atoms with Crippen molar-refractivity contribution in [3.63, 3.8) is 0 Å². The molecule has 1 aliphatic rings. The number of benzene rings is 1. The Morgan fingerprint density at radius 3 is 3.05 bits per heavy atom. The maximum absolute atomic E-state index is 12.3. The second kappa shape index (κ2) is 6.62. The first kappa shape index (κ1) is 15.2. The van der Waals surface area contributed by atoms with Crippen LogP contribution < -0.4 is 10.6 Å². The molecule has 2 N–H and O–H groups in total. The molecule has 2 atom stereocenters. The van der Waals surface area contributed by atoms with Crippen molar-refractivity contribution in [3.8, 4) is 5.69 Å². The number of amides is 1. The van der Waals surface area contributed by atoms with E-state index in [1.807, 2.05) is 30.5 Å². The lowest BCUT2D eigenvalue weighted by Gasteiger charge is -2.26. The van der Waals surface area contributed by atoms with Crippen molar-refractivity contribution in [2.24, 2.45) is 5.92 Å². The molecule has 0 unspecified atom stereocenters. The molecule has 1 aromatic carbocycles. The number of nitrogens with zero attached hydrogens (tertiary/aromatic N) is 2. The molecule has 1 aliphatic heterocycles. The lowest BCUT2D eigenvalue weighted by Crippen LogP contribution is -2.40. The molecule has 0 saturated carbocycles. The van der Waals surface area contributed by atoms with Crippen LogP contribution in [0.5, 0.6) is 0 Å². The number of piperidine rings is 1. The third kappa shape index (κ3) is 3.39. The minimum absolute atomic E-state index is 0.0723. The normalized spacial score (nSPS) is 21.5. The largest absolute Gasteiger partial charge is 0.323 e. The number of nitrogens with one attached hydrogen (secondary N) is 2. The highest BCUT2D eigenvalue weighted by Gasteiger charge is 2.24. The van der Waals surface area contributed by atoms with E-state index in [1.54, 1.807) is 10.9 Å². The Morgan fingerprint density at radius 1 is 1.45 bits per heavy atom. The van der Waals surface area contributed by atoms with Crippen LogP contribution in [0.4, 0.5) is 5.69 Å². The molecule has 2 aromatic rings. The topological polar surface area (TPSA) is 59.0 Å². The van der Waals surface area contributed by atoms with Crippen LogP contribution in [0.2, 0.25) is 0 Å². The molecule has 0 radical (unpaired) electrons. The molecule has 0 spiro atoms. The summed E-state index contributed by atoms with van der Waals surface area (Å²) in [5, 5.41) is 10.7. The lowest BCUT2D eigenvalue weighted by atomic mass is 9.92. The first-order valence-corrected chi connectivity index (χ1v) is 8.26. The molecule has 0 bridgehead atoms. The molecule has 1 amide bonds. The molecule has 116 valence electrons. The van der Waals surface area contributed by atoms with Crippen molar-refractivity contribution in [1.82, 2.24) is 15.1 Å². The highest BCUT2D eigenvalue weighted by molar-refractivity contribution is 9.10. The Balaban J connectivity index is 1.69. The fourth-order valence-electron chi connectivity index (χ4n) is 2.77. The number of hydrogen-bond donors (Lipinski definition) is 2. The number of carbonyl (C=O) groups is 1. The molecule has 3 rings (SSSR count). The summed E-state index contributed by atoms with van der Waals surface area (Å²) < 4.78 is 2.72. The summed E-state index contributed by atoms with van der Waals surface area (Å²) in [6.07, 6.45) is 5.28. The fraction of sp³-hybridized carbons (Fsp3) is 0.375. The number of rotatable bonds is 3. The molecule has 2 heterocycles. The number of anilines is 1. The molecule has 1 saturated heterocycles. The van der Waals surface area contributed by atoms with Gasteiger partial charge in [-0.2, -0.15) is 5.10 Å². The number of halogens is 1. The Bertz CT molecular complexity index is 670. The van der Waals surface area contributed by atoms with Crippen LogP contribution in [0.25, 0.3) is 5.69 Å². The molecule has 5 nitrogen and oxygen atoms in total. The molecule has 6 heteroatoms. The second-order valence-electron chi connectivity index (χ2n) is 5.69. The average Bonchev–Trinajstić information content (AvgIpc) is 2.96. The SMILES string of the molecule is C[C@H]1C[C@@H](C(=O)Nc2cnn(-c3ccccc3Br)c2)CCN1. The average molecular weight is 363 g/mol. The van der Waals surface area contributed by atoms with Crippen molar-refractivity contribution in [3.05, 3.63) is 41.1 Å². The third-order valence-corrected chi connectivity index (χ3v) is 4.61. The summed E-state index contributed by atoms with van der Waals surface area (Å²) in [6.45, 7) is 3.01. The zero-order valence-corrected chi connectivity index (χ0v) is 14.0. The Kier molecular flexibility index (Phi) is 4.59. The van der Waals surface area contributed by atoms with Gasteiger partial charge in [0, 0.05) is 16.4 Å². The van der Waals surface area contributed by atoms with Gasteiger partial charge < -0.3 is 10.6 Å². The van der Waals surface area contributed by atoms with Gasteiger partial charge in [-0.15, -0.1) is 0 Å². The monoisotopic (exact) mass is 362 g/mol. The van der Waals surface area contributed by atoms with Crippen molar-refractivity contribution in [1.29, 1.82) is 0 Å². The summed E-state index contributed by atoms with van der Waals surface area (Å²) in [6, 6.07) is 8.24. The maximum Gasteiger partial charge on any atom is 0.227 e. The van der Waals surface area contributed by atoms with E-state index >= 15 is 0 Å². The smallest absolute Gasteiger partial charge is 0.227 e. The molecule has 0 aliphatic carbocycles. The fourth-order valence-corrected chi connectivity index (χ4v) is 3.24. The van der Waals surface area contributed by atoms with E-state index < -0.39 is 0 Å². The van der Waals surface area contributed by atoms with Crippen molar-refractivity contribution in [2.45, 2.75) is 25.8 Å². The van der Waals surface area contributed by atoms with Crippen LogP contribution in [0.15, 0.2) is 41.1 Å². The molecular formula is C16H19BrN4O. The second-order valence-corrected chi connectivity index (χ2v) is 6.55. The van der Waals surface area contributed by atoms with Crippen LogP contribution in [0, 0.1) is 5.92 Å². The number of hydrogen-bond acceptors (Lipinski definition) is 3. The molecular weight excluding hydrogens is 344 g/mol. The Labute approximate surface area is 138 Å². The summed E-state index contributed by atoms with van der Waals surface area (Å²) in [4.78, 5) is 12.3. The zero-order valence-electron chi connectivity index (χ0n) is 12.4. The van der Waals surface area contributed by atoms with Gasteiger partial charge in [-0.05, 0) is 54.4 Å². The highest BCUT2D eigenvalue weighted by Crippen LogP contribution is 2.22. The van der Waals surface area contributed by atoms with E-state index in [-0.39, 0.29) is 11.8 Å². The van der Waals surface area contributed by atoms with Crippen molar-refractivity contribution in [2.75, 3.05) is 11.9 Å². The quantitative estimate of drug-likeness (QED) is 0.882. The lowest BCUT2D eigenvalue weighted by molar-refractivity contribution is -0.120. The standard InChI is InChI=1S/C16H19BrN4O/c1-11-8-12(6-7-18-11)16(22)20-13-9-19-21(10-13)15-5-3-2-4-14(15)17/h2-5,9-12,18H,6-8H2,1H3,(H,20,22)/t11-,12-/m0/s1. The van der Waals surface area contributed by atoms with Gasteiger partial charge in [-0.1, -0.05) is 12.1 Å². The zero-order chi connectivity index (χ0) is 15.5. The number of carbonyl (C=O) groups excluding carboxylic acids is 1. The number of para-hydroxylation sites is 1. The first-order valence-electron chi connectivity index (χ1n) is 7.47. The first-order chi connectivity index (χ1) is 10.6. The van der Waals surface area contributed by atoms with E-state index in [0.717, 1.165) is 35.2 Å². The third-order valence-electron chi connectivity index (χ3n) is 3.94. The molecule has 22 heavy (non-hydrogen) atoms. The van der Waals surface area contributed by atoms with Gasteiger partial charge in [0.05, 0.1) is 23.8 Å². The number of aromatic nitrogens is 2. The van der Waals surface area contributed by atoms with Gasteiger partial charge in [0.1, 0.15) is 0 Å². The molecule has 1 aromatic heterocycles. The Morgan fingerprint density at radius 2 is 2.27 bits per heavy atom. The molecule has 1 fully saturated rings. The summed E-state index contributed by atoms with van der Waals surface area (Å²) in [7, 11) is 0. The van der Waals surface area contributed by atoms with Crippen LogP contribution in [-0.4, -0.2) is 28.3 Å². The summed E-state index contributed by atoms with van der Waals surface area (Å²) in [5.74, 6) is 0.156. The van der Waals surface area contributed by atoms with Crippen LogP contribution in [0.1, 0.15) is 19.8 Å². The van der Waals surface area contributed by atoms with Gasteiger partial charge in [-0.25, -0.2) is 4.68 Å². The van der Waals surface area contributed by atoms with E-state index in [1.165, 1.54) is 0 Å². The van der Waals surface area contributed by atoms with Gasteiger partial charge in [0.25, 0.3) is 0 Å².